The van der Waals surface area contributed by atoms with Crippen molar-refractivity contribution in [2.45, 2.75) is 32.9 Å². The molecule has 1 aliphatic heterocycles. The second kappa shape index (κ2) is 7.23. The number of hydrogen-bond acceptors (Lipinski definition) is 3. The summed E-state index contributed by atoms with van der Waals surface area (Å²) in [4.78, 5) is 28.1. The predicted octanol–water partition coefficient (Wildman–Crippen LogP) is 3.62. The van der Waals surface area contributed by atoms with Crippen molar-refractivity contribution in [2.75, 3.05) is 6.54 Å². The molecule has 4 nitrogen and oxygen atoms in total. The lowest BCUT2D eigenvalue weighted by atomic mass is 10.0. The maximum Gasteiger partial charge on any atom is 0.261 e. The Kier molecular flexibility index (Phi) is 5.04. The van der Waals surface area contributed by atoms with Crippen LogP contribution >= 0.6 is 11.3 Å². The number of benzene rings is 1. The average Bonchev–Trinajstić information content (AvgIpc) is 3.04. The van der Waals surface area contributed by atoms with E-state index in [1.54, 1.807) is 4.90 Å². The van der Waals surface area contributed by atoms with E-state index in [0.717, 1.165) is 17.5 Å². The Morgan fingerprint density at radius 2 is 2.12 bits per heavy atom. The molecule has 0 bridgehead atoms. The molecule has 1 aromatic heterocycles. The highest BCUT2D eigenvalue weighted by atomic mass is 32.1. The molecule has 2 heterocycles. The minimum atomic E-state index is -0.0592. The third-order valence-corrected chi connectivity index (χ3v) is 5.82. The zero-order chi connectivity index (χ0) is 18.0. The summed E-state index contributed by atoms with van der Waals surface area (Å²) in [5.41, 5.74) is 3.36. The Labute approximate surface area is 152 Å². The largest absolute Gasteiger partial charge is 0.345 e. The minimum absolute atomic E-state index is 0.0494. The highest BCUT2D eigenvalue weighted by molar-refractivity contribution is 7.14. The molecule has 0 aliphatic carbocycles. The van der Waals surface area contributed by atoms with E-state index in [1.165, 1.54) is 27.9 Å². The van der Waals surface area contributed by atoms with Gasteiger partial charge >= 0.3 is 0 Å². The Balaban J connectivity index is 1.72. The van der Waals surface area contributed by atoms with Crippen molar-refractivity contribution in [3.63, 3.8) is 0 Å². The number of nitrogens with zero attached hydrogens (tertiary/aromatic N) is 1. The molecule has 0 radical (unpaired) electrons. The van der Waals surface area contributed by atoms with Gasteiger partial charge in [0.2, 0.25) is 5.91 Å². The smallest absolute Gasteiger partial charge is 0.261 e. The lowest BCUT2D eigenvalue weighted by Gasteiger charge is -2.25. The molecule has 1 aliphatic rings. The van der Waals surface area contributed by atoms with Gasteiger partial charge in [0.25, 0.3) is 5.91 Å². The van der Waals surface area contributed by atoms with E-state index in [2.05, 4.69) is 11.9 Å². The van der Waals surface area contributed by atoms with E-state index in [9.17, 15) is 9.59 Å². The van der Waals surface area contributed by atoms with Gasteiger partial charge < -0.3 is 10.2 Å². The van der Waals surface area contributed by atoms with E-state index in [0.29, 0.717) is 18.0 Å². The summed E-state index contributed by atoms with van der Waals surface area (Å²) >= 11 is 1.53. The van der Waals surface area contributed by atoms with Crippen LogP contribution in [-0.2, 0) is 17.8 Å². The molecule has 2 aromatic rings. The molecule has 0 saturated carbocycles. The van der Waals surface area contributed by atoms with Crippen LogP contribution in [0.2, 0.25) is 0 Å². The number of nitrogens with one attached hydrogen (secondary N) is 1. The van der Waals surface area contributed by atoms with E-state index >= 15 is 0 Å². The van der Waals surface area contributed by atoms with Gasteiger partial charge in [0.15, 0.2) is 0 Å². The first-order valence-electron chi connectivity index (χ1n) is 8.39. The second-order valence-corrected chi connectivity index (χ2v) is 7.46. The number of fused-ring (bicyclic) bond motifs is 1. The highest BCUT2D eigenvalue weighted by Gasteiger charge is 2.23. The predicted molar refractivity (Wildman–Crippen MR) is 101 cm³/mol. The number of thiophene rings is 1. The van der Waals surface area contributed by atoms with Gasteiger partial charge in [-0.25, -0.2) is 0 Å². The van der Waals surface area contributed by atoms with Crippen molar-refractivity contribution in [3.8, 4) is 0 Å². The van der Waals surface area contributed by atoms with Crippen LogP contribution in [0, 0.1) is 6.92 Å². The lowest BCUT2D eigenvalue weighted by Crippen LogP contribution is -2.33. The summed E-state index contributed by atoms with van der Waals surface area (Å²) in [7, 11) is 0. The Morgan fingerprint density at radius 1 is 1.36 bits per heavy atom. The molecule has 0 saturated heterocycles. The summed E-state index contributed by atoms with van der Waals surface area (Å²) in [6.07, 6.45) is 2.13. The van der Waals surface area contributed by atoms with Gasteiger partial charge in [-0.15, -0.1) is 11.3 Å². The van der Waals surface area contributed by atoms with Gasteiger partial charge in [0, 0.05) is 18.0 Å². The van der Waals surface area contributed by atoms with Gasteiger partial charge in [0.05, 0.1) is 10.9 Å². The number of rotatable bonds is 4. The fourth-order valence-corrected chi connectivity index (χ4v) is 4.25. The third-order valence-electron chi connectivity index (χ3n) is 4.58. The molecular formula is C20H22N2O2S. The van der Waals surface area contributed by atoms with Gasteiger partial charge in [0.1, 0.15) is 0 Å². The fraction of sp³-hybridized carbons (Fsp3) is 0.300. The first-order valence-corrected chi connectivity index (χ1v) is 9.20. The Bertz CT molecular complexity index is 825. The average molecular weight is 354 g/mol. The van der Waals surface area contributed by atoms with Crippen LogP contribution in [0.15, 0.2) is 43.0 Å². The van der Waals surface area contributed by atoms with Crippen molar-refractivity contribution in [2.24, 2.45) is 0 Å². The molecule has 0 spiro atoms. The fourth-order valence-electron chi connectivity index (χ4n) is 3.18. The Hall–Kier alpha value is -2.40. The summed E-state index contributed by atoms with van der Waals surface area (Å²) in [6, 6.07) is 9.94. The lowest BCUT2D eigenvalue weighted by molar-refractivity contribution is -0.126. The van der Waals surface area contributed by atoms with E-state index < -0.39 is 0 Å². The van der Waals surface area contributed by atoms with Gasteiger partial charge in [-0.3, -0.25) is 9.59 Å². The van der Waals surface area contributed by atoms with Crippen LogP contribution in [0.4, 0.5) is 0 Å². The maximum absolute atomic E-state index is 12.6. The second-order valence-electron chi connectivity index (χ2n) is 6.32. The number of hydrogen-bond donors (Lipinski definition) is 1. The van der Waals surface area contributed by atoms with Crippen molar-refractivity contribution in [1.29, 1.82) is 0 Å². The quantitative estimate of drug-likeness (QED) is 0.853. The molecule has 0 fully saturated rings. The number of amides is 2. The van der Waals surface area contributed by atoms with E-state index in [1.807, 2.05) is 44.2 Å². The van der Waals surface area contributed by atoms with Crippen molar-refractivity contribution in [1.82, 2.24) is 10.2 Å². The monoisotopic (exact) mass is 354 g/mol. The standard InChI is InChI=1S/C20H22N2O2S/c1-4-19(23)22-10-9-17-15(12-22)11-18(25-17)20(24)21-14(3)16-8-6-5-7-13(16)2/h4-8,11,14H,1,9-10,12H2,2-3H3,(H,21,24)/t14-/m1/s1. The molecule has 0 unspecified atom stereocenters. The summed E-state index contributed by atoms with van der Waals surface area (Å²) in [5, 5.41) is 3.08. The Morgan fingerprint density at radius 3 is 2.84 bits per heavy atom. The molecule has 25 heavy (non-hydrogen) atoms. The first-order chi connectivity index (χ1) is 12.0. The van der Waals surface area contributed by atoms with Gasteiger partial charge in [-0.1, -0.05) is 30.8 Å². The highest BCUT2D eigenvalue weighted by Crippen LogP contribution is 2.29. The van der Waals surface area contributed by atoms with E-state index in [4.69, 9.17) is 0 Å². The molecule has 1 atom stereocenters. The summed E-state index contributed by atoms with van der Waals surface area (Å²) in [5.74, 6) is -0.118. The molecule has 1 aromatic carbocycles. The summed E-state index contributed by atoms with van der Waals surface area (Å²) in [6.45, 7) is 8.82. The zero-order valence-electron chi connectivity index (χ0n) is 14.5. The minimum Gasteiger partial charge on any atom is -0.345 e. The van der Waals surface area contributed by atoms with Crippen LogP contribution in [0.3, 0.4) is 0 Å². The molecule has 1 N–H and O–H groups in total. The topological polar surface area (TPSA) is 49.4 Å². The van der Waals surface area contributed by atoms with Crippen molar-refractivity contribution in [3.05, 3.63) is 69.4 Å². The molecular weight excluding hydrogens is 332 g/mol. The number of carbonyl (C=O) groups excluding carboxylic acids is 2. The first kappa shape index (κ1) is 17.4. The van der Waals surface area contributed by atoms with Crippen LogP contribution in [-0.4, -0.2) is 23.3 Å². The third kappa shape index (κ3) is 3.66. The van der Waals surface area contributed by atoms with Crippen LogP contribution in [0.25, 0.3) is 0 Å². The normalized spacial score (nSPS) is 14.6. The number of carbonyl (C=O) groups is 2. The van der Waals surface area contributed by atoms with Crippen LogP contribution in [0.1, 0.15) is 44.2 Å². The van der Waals surface area contributed by atoms with Crippen molar-refractivity contribution >= 4 is 23.2 Å². The van der Waals surface area contributed by atoms with E-state index in [-0.39, 0.29) is 17.9 Å². The molecule has 130 valence electrons. The molecule has 2 amide bonds. The maximum atomic E-state index is 12.6. The zero-order valence-corrected chi connectivity index (χ0v) is 15.4. The van der Waals surface area contributed by atoms with Gasteiger partial charge in [-0.2, -0.15) is 0 Å². The SMILES string of the molecule is C=CC(=O)N1CCc2sc(C(=O)N[C@H](C)c3ccccc3C)cc2C1. The van der Waals surface area contributed by atoms with Crippen molar-refractivity contribution < 1.29 is 9.59 Å². The molecule has 3 rings (SSSR count). The van der Waals surface area contributed by atoms with Crippen LogP contribution in [0.5, 0.6) is 0 Å². The number of aryl methyl sites for hydroxylation is 1. The van der Waals surface area contributed by atoms with Gasteiger partial charge in [-0.05, 0) is 49.1 Å². The summed E-state index contributed by atoms with van der Waals surface area (Å²) < 4.78 is 0. The molecule has 5 heteroatoms. The van der Waals surface area contributed by atoms with Crippen LogP contribution < -0.4 is 5.32 Å².